The molecule has 1 N–H and O–H groups in total. The average molecular weight is 293 g/mol. The number of benzene rings is 1. The van der Waals surface area contributed by atoms with E-state index in [0.717, 1.165) is 25.2 Å². The van der Waals surface area contributed by atoms with Crippen molar-refractivity contribution in [2.75, 3.05) is 32.8 Å². The molecule has 0 aliphatic rings. The van der Waals surface area contributed by atoms with Crippen molar-refractivity contribution in [2.24, 2.45) is 0 Å². The minimum absolute atomic E-state index is 0.374. The van der Waals surface area contributed by atoms with Crippen LogP contribution in [0.4, 0.5) is 0 Å². The van der Waals surface area contributed by atoms with E-state index in [9.17, 15) is 5.11 Å². The monoisotopic (exact) mass is 293 g/mol. The zero-order valence-electron chi connectivity index (χ0n) is 13.6. The molecule has 0 aliphatic heterocycles. The summed E-state index contributed by atoms with van der Waals surface area (Å²) in [6.45, 7) is 8.79. The summed E-state index contributed by atoms with van der Waals surface area (Å²) in [5, 5.41) is 10.0. The highest BCUT2D eigenvalue weighted by Gasteiger charge is 2.08. The first kappa shape index (κ1) is 18.1. The molecule has 0 saturated carbocycles. The lowest BCUT2D eigenvalue weighted by atomic mass is 10.1. The molecule has 1 aromatic carbocycles. The highest BCUT2D eigenvalue weighted by atomic mass is 16.5. The molecule has 1 aromatic rings. The lowest BCUT2D eigenvalue weighted by Crippen LogP contribution is -2.30. The van der Waals surface area contributed by atoms with Crippen LogP contribution >= 0.6 is 0 Å². The molecule has 3 heteroatoms. The van der Waals surface area contributed by atoms with Gasteiger partial charge in [0.25, 0.3) is 0 Å². The fourth-order valence-corrected chi connectivity index (χ4v) is 2.26. The summed E-state index contributed by atoms with van der Waals surface area (Å²) in [6, 6.07) is 9.70. The topological polar surface area (TPSA) is 32.7 Å². The summed E-state index contributed by atoms with van der Waals surface area (Å²) < 4.78 is 5.65. The van der Waals surface area contributed by atoms with Gasteiger partial charge in [0.05, 0.1) is 13.2 Å². The smallest absolute Gasteiger partial charge is 0.102 e. The Balaban J connectivity index is 2.20. The van der Waals surface area contributed by atoms with Crippen molar-refractivity contribution in [1.29, 1.82) is 0 Å². The minimum Gasteiger partial charge on any atom is -0.386 e. The molecule has 0 radical (unpaired) electrons. The quantitative estimate of drug-likeness (QED) is 0.597. The van der Waals surface area contributed by atoms with Gasteiger partial charge in [-0.15, -0.1) is 0 Å². The highest BCUT2D eigenvalue weighted by Crippen LogP contribution is 2.12. The van der Waals surface area contributed by atoms with Gasteiger partial charge >= 0.3 is 0 Å². The van der Waals surface area contributed by atoms with Crippen molar-refractivity contribution in [3.8, 4) is 0 Å². The first-order valence-electron chi connectivity index (χ1n) is 8.31. The van der Waals surface area contributed by atoms with Crippen LogP contribution in [0.3, 0.4) is 0 Å². The van der Waals surface area contributed by atoms with Crippen LogP contribution in [0.1, 0.15) is 51.2 Å². The Bertz CT molecular complexity index is 334. The Morgan fingerprint density at radius 3 is 2.19 bits per heavy atom. The number of nitrogens with zero attached hydrogens (tertiary/aromatic N) is 1. The van der Waals surface area contributed by atoms with Crippen molar-refractivity contribution < 1.29 is 9.84 Å². The van der Waals surface area contributed by atoms with Crippen molar-refractivity contribution in [1.82, 2.24) is 4.90 Å². The van der Waals surface area contributed by atoms with Crippen LogP contribution in [0.5, 0.6) is 0 Å². The van der Waals surface area contributed by atoms with Gasteiger partial charge in [0.2, 0.25) is 0 Å². The summed E-state index contributed by atoms with van der Waals surface area (Å²) in [6.07, 6.45) is 4.44. The lowest BCUT2D eigenvalue weighted by molar-refractivity contribution is 0.0261. The van der Waals surface area contributed by atoms with E-state index in [1.54, 1.807) is 0 Å². The van der Waals surface area contributed by atoms with Crippen molar-refractivity contribution in [3.63, 3.8) is 0 Å². The molecule has 0 saturated heterocycles. The normalized spacial score (nSPS) is 12.8. The molecule has 0 bridgehead atoms. The second-order valence-electron chi connectivity index (χ2n) is 5.55. The first-order valence-corrected chi connectivity index (χ1v) is 8.31. The van der Waals surface area contributed by atoms with E-state index in [1.807, 2.05) is 30.3 Å². The van der Waals surface area contributed by atoms with Crippen LogP contribution in [0, 0.1) is 0 Å². The molecule has 0 spiro atoms. The Labute approximate surface area is 129 Å². The van der Waals surface area contributed by atoms with Crippen LogP contribution in [0.2, 0.25) is 0 Å². The largest absolute Gasteiger partial charge is 0.386 e. The molecular formula is C18H31NO2. The zero-order chi connectivity index (χ0) is 15.3. The molecule has 0 amide bonds. The molecule has 120 valence electrons. The van der Waals surface area contributed by atoms with E-state index >= 15 is 0 Å². The van der Waals surface area contributed by atoms with Gasteiger partial charge < -0.3 is 14.7 Å². The Morgan fingerprint density at radius 2 is 1.62 bits per heavy atom. The van der Waals surface area contributed by atoms with Crippen molar-refractivity contribution in [2.45, 2.75) is 45.6 Å². The molecule has 0 aromatic heterocycles. The number of aliphatic hydroxyl groups excluding tert-OH is 1. The molecule has 1 unspecified atom stereocenters. The van der Waals surface area contributed by atoms with Gasteiger partial charge in [-0.25, -0.2) is 0 Å². The molecule has 0 aliphatic carbocycles. The van der Waals surface area contributed by atoms with Gasteiger partial charge in [-0.1, -0.05) is 57.0 Å². The molecular weight excluding hydrogens is 262 g/mol. The van der Waals surface area contributed by atoms with Crippen LogP contribution < -0.4 is 0 Å². The van der Waals surface area contributed by atoms with E-state index in [1.165, 1.54) is 25.7 Å². The predicted molar refractivity (Wildman–Crippen MR) is 88.5 cm³/mol. The van der Waals surface area contributed by atoms with Gasteiger partial charge in [-0.05, 0) is 31.5 Å². The molecule has 1 atom stereocenters. The van der Waals surface area contributed by atoms with Gasteiger partial charge in [-0.2, -0.15) is 0 Å². The molecule has 3 nitrogen and oxygen atoms in total. The van der Waals surface area contributed by atoms with Gasteiger partial charge in [0, 0.05) is 6.54 Å². The maximum atomic E-state index is 10.0. The Kier molecular flexibility index (Phi) is 10.1. The molecule has 1 rings (SSSR count). The standard InChI is InChI=1S/C18H31NO2/c1-3-5-12-19(13-6-4-2)14-15-21-16-18(20)17-10-8-7-9-11-17/h7-11,18,20H,3-6,12-16H2,1-2H3. The second-order valence-corrected chi connectivity index (χ2v) is 5.55. The fourth-order valence-electron chi connectivity index (χ4n) is 2.26. The van der Waals surface area contributed by atoms with Gasteiger partial charge in [0.1, 0.15) is 6.10 Å². The SMILES string of the molecule is CCCCN(CCCC)CCOCC(O)c1ccccc1. The molecule has 21 heavy (non-hydrogen) atoms. The van der Waals surface area contributed by atoms with Crippen LogP contribution in [-0.2, 0) is 4.74 Å². The molecule has 0 fully saturated rings. The second kappa shape index (κ2) is 11.7. The van der Waals surface area contributed by atoms with Crippen molar-refractivity contribution in [3.05, 3.63) is 35.9 Å². The predicted octanol–water partition coefficient (Wildman–Crippen LogP) is 3.64. The van der Waals surface area contributed by atoms with Crippen LogP contribution in [0.25, 0.3) is 0 Å². The number of aliphatic hydroxyl groups is 1. The number of ether oxygens (including phenoxy) is 1. The van der Waals surface area contributed by atoms with E-state index in [4.69, 9.17) is 4.74 Å². The third-order valence-electron chi connectivity index (χ3n) is 3.67. The highest BCUT2D eigenvalue weighted by molar-refractivity contribution is 5.17. The zero-order valence-corrected chi connectivity index (χ0v) is 13.6. The van der Waals surface area contributed by atoms with E-state index in [-0.39, 0.29) is 0 Å². The maximum Gasteiger partial charge on any atom is 0.102 e. The third kappa shape index (κ3) is 8.20. The average Bonchev–Trinajstić information content (AvgIpc) is 2.53. The molecule has 0 heterocycles. The van der Waals surface area contributed by atoms with Crippen LogP contribution in [-0.4, -0.2) is 42.9 Å². The van der Waals surface area contributed by atoms with E-state index < -0.39 is 6.10 Å². The van der Waals surface area contributed by atoms with Crippen LogP contribution in [0.15, 0.2) is 30.3 Å². The third-order valence-corrected chi connectivity index (χ3v) is 3.67. The summed E-state index contributed by atoms with van der Waals surface area (Å²) in [5.41, 5.74) is 0.923. The summed E-state index contributed by atoms with van der Waals surface area (Å²) in [4.78, 5) is 2.47. The number of rotatable bonds is 12. The fraction of sp³-hybridized carbons (Fsp3) is 0.667. The summed E-state index contributed by atoms with van der Waals surface area (Å²) in [7, 11) is 0. The Hall–Kier alpha value is -0.900. The van der Waals surface area contributed by atoms with E-state index in [2.05, 4.69) is 18.7 Å². The number of unbranched alkanes of at least 4 members (excludes halogenated alkanes) is 2. The summed E-state index contributed by atoms with van der Waals surface area (Å²) >= 11 is 0. The number of hydrogen-bond donors (Lipinski definition) is 1. The minimum atomic E-state index is -0.522. The Morgan fingerprint density at radius 1 is 1.00 bits per heavy atom. The van der Waals surface area contributed by atoms with E-state index in [0.29, 0.717) is 13.2 Å². The number of hydrogen-bond acceptors (Lipinski definition) is 3. The lowest BCUT2D eigenvalue weighted by Gasteiger charge is -2.22. The summed E-state index contributed by atoms with van der Waals surface area (Å²) in [5.74, 6) is 0. The first-order chi connectivity index (χ1) is 10.3. The maximum absolute atomic E-state index is 10.0. The van der Waals surface area contributed by atoms with Gasteiger partial charge in [-0.3, -0.25) is 0 Å². The van der Waals surface area contributed by atoms with Crippen molar-refractivity contribution >= 4 is 0 Å². The van der Waals surface area contributed by atoms with Gasteiger partial charge in [0.15, 0.2) is 0 Å².